The van der Waals surface area contributed by atoms with Gasteiger partial charge in [0.15, 0.2) is 0 Å². The fourth-order valence-electron chi connectivity index (χ4n) is 2.91. The first-order chi connectivity index (χ1) is 12.1. The van der Waals surface area contributed by atoms with Gasteiger partial charge in [-0.1, -0.05) is 6.08 Å². The van der Waals surface area contributed by atoms with Crippen molar-refractivity contribution in [3.63, 3.8) is 0 Å². The molecule has 1 aliphatic heterocycles. The first-order valence-electron chi connectivity index (χ1n) is 8.24. The Balaban J connectivity index is 1.59. The van der Waals surface area contributed by atoms with Crippen molar-refractivity contribution in [3.8, 4) is 6.07 Å². The summed E-state index contributed by atoms with van der Waals surface area (Å²) in [6.45, 7) is 10.9. The fourth-order valence-corrected chi connectivity index (χ4v) is 2.91. The van der Waals surface area contributed by atoms with Gasteiger partial charge in [-0.2, -0.15) is 15.3 Å². The second kappa shape index (κ2) is 7.32. The van der Waals surface area contributed by atoms with Gasteiger partial charge >= 0.3 is 0 Å². The van der Waals surface area contributed by atoms with E-state index in [9.17, 15) is 0 Å². The van der Waals surface area contributed by atoms with Crippen molar-refractivity contribution in [2.75, 3.05) is 36.8 Å². The number of nitrogens with two attached hydrogens (primary N) is 1. The van der Waals surface area contributed by atoms with Crippen molar-refractivity contribution in [2.45, 2.75) is 20.0 Å². The van der Waals surface area contributed by atoms with Crippen LogP contribution in [0.3, 0.4) is 0 Å². The number of hydrogen-bond acceptors (Lipinski definition) is 7. The smallest absolute Gasteiger partial charge is 0.227 e. The summed E-state index contributed by atoms with van der Waals surface area (Å²) < 4.78 is 1.92. The standard InChI is InChI=1S/C17H22N8/c1-3-4-25-12-15(13(2)22-25)11-23-5-7-24(8-6-23)17-20-10-14(9-18)16(19)21-17/h3,10,12H,1,4-8,11H2,2H3,(H2,19,20,21). The molecule has 8 nitrogen and oxygen atoms in total. The van der Waals surface area contributed by atoms with Crippen molar-refractivity contribution in [1.29, 1.82) is 5.26 Å². The summed E-state index contributed by atoms with van der Waals surface area (Å²) in [7, 11) is 0. The van der Waals surface area contributed by atoms with Gasteiger partial charge in [-0.25, -0.2) is 4.98 Å². The molecule has 3 rings (SSSR count). The molecule has 2 aromatic rings. The summed E-state index contributed by atoms with van der Waals surface area (Å²) in [5.41, 5.74) is 8.41. The average Bonchev–Trinajstić information content (AvgIpc) is 2.95. The van der Waals surface area contributed by atoms with Gasteiger partial charge in [0.1, 0.15) is 17.5 Å². The Morgan fingerprint density at radius 1 is 1.36 bits per heavy atom. The molecule has 3 heterocycles. The highest BCUT2D eigenvalue weighted by Gasteiger charge is 2.20. The van der Waals surface area contributed by atoms with Gasteiger partial charge in [-0.15, -0.1) is 6.58 Å². The minimum Gasteiger partial charge on any atom is -0.382 e. The summed E-state index contributed by atoms with van der Waals surface area (Å²) in [6.07, 6.45) is 5.42. The Hall–Kier alpha value is -2.92. The van der Waals surface area contributed by atoms with Crippen LogP contribution in [-0.4, -0.2) is 50.8 Å². The molecule has 8 heteroatoms. The second-order valence-electron chi connectivity index (χ2n) is 6.09. The molecular formula is C17H22N8. The van der Waals surface area contributed by atoms with Crippen LogP contribution in [0, 0.1) is 18.3 Å². The maximum Gasteiger partial charge on any atom is 0.227 e. The highest BCUT2D eigenvalue weighted by Crippen LogP contribution is 2.17. The van der Waals surface area contributed by atoms with Gasteiger partial charge < -0.3 is 10.6 Å². The molecule has 0 radical (unpaired) electrons. The van der Waals surface area contributed by atoms with Crippen LogP contribution in [-0.2, 0) is 13.1 Å². The number of rotatable bonds is 5. The van der Waals surface area contributed by atoms with E-state index in [4.69, 9.17) is 11.0 Å². The lowest BCUT2D eigenvalue weighted by atomic mass is 10.2. The molecule has 0 amide bonds. The van der Waals surface area contributed by atoms with Crippen LogP contribution in [0.5, 0.6) is 0 Å². The molecule has 0 unspecified atom stereocenters. The molecule has 130 valence electrons. The van der Waals surface area contributed by atoms with E-state index in [0.29, 0.717) is 11.5 Å². The normalized spacial score (nSPS) is 15.1. The van der Waals surface area contributed by atoms with E-state index in [2.05, 4.69) is 37.6 Å². The number of hydrogen-bond donors (Lipinski definition) is 1. The highest BCUT2D eigenvalue weighted by molar-refractivity contribution is 5.50. The molecule has 0 spiro atoms. The minimum absolute atomic E-state index is 0.236. The fraction of sp³-hybridized carbons (Fsp3) is 0.412. The summed E-state index contributed by atoms with van der Waals surface area (Å²) in [5.74, 6) is 0.825. The van der Waals surface area contributed by atoms with E-state index >= 15 is 0 Å². The highest BCUT2D eigenvalue weighted by atomic mass is 15.3. The molecule has 25 heavy (non-hydrogen) atoms. The van der Waals surface area contributed by atoms with Gasteiger partial charge in [0.2, 0.25) is 5.95 Å². The van der Waals surface area contributed by atoms with E-state index in [1.807, 2.05) is 23.8 Å². The number of piperazine rings is 1. The quantitative estimate of drug-likeness (QED) is 0.810. The molecular weight excluding hydrogens is 316 g/mol. The lowest BCUT2D eigenvalue weighted by Crippen LogP contribution is -2.46. The van der Waals surface area contributed by atoms with E-state index in [0.717, 1.165) is 45.0 Å². The van der Waals surface area contributed by atoms with E-state index < -0.39 is 0 Å². The summed E-state index contributed by atoms with van der Waals surface area (Å²) in [5, 5.41) is 13.4. The molecule has 0 aliphatic carbocycles. The Labute approximate surface area is 147 Å². The van der Waals surface area contributed by atoms with Crippen LogP contribution in [0.2, 0.25) is 0 Å². The van der Waals surface area contributed by atoms with Crippen LogP contribution in [0.4, 0.5) is 11.8 Å². The Bertz CT molecular complexity index is 795. The van der Waals surface area contributed by atoms with E-state index in [-0.39, 0.29) is 5.82 Å². The maximum absolute atomic E-state index is 8.91. The summed E-state index contributed by atoms with van der Waals surface area (Å²) in [4.78, 5) is 13.0. The molecule has 0 bridgehead atoms. The number of nitrogens with zero attached hydrogens (tertiary/aromatic N) is 7. The van der Waals surface area contributed by atoms with Crippen molar-refractivity contribution in [2.24, 2.45) is 0 Å². The summed E-state index contributed by atoms with van der Waals surface area (Å²) in [6, 6.07) is 1.99. The first-order valence-corrected chi connectivity index (χ1v) is 8.24. The molecule has 0 aromatic carbocycles. The third-order valence-electron chi connectivity index (χ3n) is 4.34. The molecule has 1 fully saturated rings. The number of anilines is 2. The molecule has 0 atom stereocenters. The third-order valence-corrected chi connectivity index (χ3v) is 4.34. The molecule has 2 aromatic heterocycles. The van der Waals surface area contributed by atoms with Crippen LogP contribution < -0.4 is 10.6 Å². The number of aryl methyl sites for hydroxylation is 1. The zero-order valence-electron chi connectivity index (χ0n) is 14.4. The summed E-state index contributed by atoms with van der Waals surface area (Å²) >= 11 is 0. The molecule has 1 saturated heterocycles. The topological polar surface area (TPSA) is 99.9 Å². The Morgan fingerprint density at radius 3 is 2.76 bits per heavy atom. The number of aromatic nitrogens is 4. The van der Waals surface area contributed by atoms with Crippen molar-refractivity contribution >= 4 is 11.8 Å². The molecule has 1 aliphatic rings. The van der Waals surface area contributed by atoms with Crippen LogP contribution in [0.25, 0.3) is 0 Å². The van der Waals surface area contributed by atoms with Crippen LogP contribution >= 0.6 is 0 Å². The molecule has 0 saturated carbocycles. The number of nitrogen functional groups attached to an aromatic ring is 1. The number of allylic oxidation sites excluding steroid dienone is 1. The SMILES string of the molecule is C=CCn1cc(CN2CCN(c3ncc(C#N)c(N)n3)CC2)c(C)n1. The zero-order valence-corrected chi connectivity index (χ0v) is 14.4. The van der Waals surface area contributed by atoms with Crippen LogP contribution in [0.1, 0.15) is 16.8 Å². The van der Waals surface area contributed by atoms with E-state index in [1.54, 1.807) is 0 Å². The van der Waals surface area contributed by atoms with E-state index in [1.165, 1.54) is 11.8 Å². The van der Waals surface area contributed by atoms with Crippen molar-refractivity contribution in [3.05, 3.63) is 41.9 Å². The predicted octanol–water partition coefficient (Wildman–Crippen LogP) is 0.944. The third kappa shape index (κ3) is 3.78. The lowest BCUT2D eigenvalue weighted by molar-refractivity contribution is 0.248. The van der Waals surface area contributed by atoms with Gasteiger partial charge in [0, 0.05) is 44.5 Å². The Morgan fingerprint density at radius 2 is 2.12 bits per heavy atom. The Kier molecular flexibility index (Phi) is 4.95. The zero-order chi connectivity index (χ0) is 17.8. The average molecular weight is 338 g/mol. The van der Waals surface area contributed by atoms with Gasteiger partial charge in [0.05, 0.1) is 18.4 Å². The van der Waals surface area contributed by atoms with Crippen molar-refractivity contribution in [1.82, 2.24) is 24.6 Å². The van der Waals surface area contributed by atoms with Crippen LogP contribution in [0.15, 0.2) is 25.0 Å². The first kappa shape index (κ1) is 16.9. The van der Waals surface area contributed by atoms with Gasteiger partial charge in [0.25, 0.3) is 0 Å². The minimum atomic E-state index is 0.236. The van der Waals surface area contributed by atoms with Crippen molar-refractivity contribution < 1.29 is 0 Å². The largest absolute Gasteiger partial charge is 0.382 e. The molecule has 2 N–H and O–H groups in total. The monoisotopic (exact) mass is 338 g/mol. The van der Waals surface area contributed by atoms with Gasteiger partial charge in [-0.05, 0) is 6.92 Å². The maximum atomic E-state index is 8.91. The lowest BCUT2D eigenvalue weighted by Gasteiger charge is -2.34. The van der Waals surface area contributed by atoms with Gasteiger partial charge in [-0.3, -0.25) is 9.58 Å². The number of nitriles is 1. The second-order valence-corrected chi connectivity index (χ2v) is 6.09. The predicted molar refractivity (Wildman–Crippen MR) is 95.8 cm³/mol.